The summed E-state index contributed by atoms with van der Waals surface area (Å²) in [5.74, 6) is -0.580. The number of esters is 1. The highest BCUT2D eigenvalue weighted by molar-refractivity contribution is 5.86. The van der Waals surface area contributed by atoms with Gasteiger partial charge in [-0.3, -0.25) is 0 Å². The minimum Gasteiger partial charge on any atom is -0.431 e. The van der Waals surface area contributed by atoms with Crippen LogP contribution in [0.25, 0.3) is 0 Å². The summed E-state index contributed by atoms with van der Waals surface area (Å²) in [4.78, 5) is 10.9. The van der Waals surface area contributed by atoms with Crippen molar-refractivity contribution in [3.05, 3.63) is 19.1 Å². The number of rotatable bonds is 6. The second-order valence-corrected chi connectivity index (χ2v) is 2.70. The van der Waals surface area contributed by atoms with Crippen molar-refractivity contribution >= 4 is 5.97 Å². The Morgan fingerprint density at radius 3 is 2.77 bits per heavy atom. The molecule has 0 aliphatic carbocycles. The lowest BCUT2D eigenvalue weighted by Crippen LogP contribution is -2.31. The van der Waals surface area contributed by atoms with Crippen LogP contribution < -0.4 is 5.32 Å². The van der Waals surface area contributed by atoms with Crippen LogP contribution in [0.1, 0.15) is 13.3 Å². The molecule has 75 valence electrons. The number of carbonyl (C=O) groups is 1. The smallest absolute Gasteiger partial charge is 0.335 e. The SMILES string of the molecule is [CH2]CCNCC(O)OC(=O)C(=C)C. The number of ether oxygens (including phenoxy) is 1. The third kappa shape index (κ3) is 6.31. The van der Waals surface area contributed by atoms with Crippen LogP contribution in [-0.4, -0.2) is 30.5 Å². The molecule has 0 aromatic heterocycles. The third-order valence-electron chi connectivity index (χ3n) is 1.26. The molecule has 0 aromatic rings. The van der Waals surface area contributed by atoms with E-state index in [2.05, 4.69) is 23.6 Å². The summed E-state index contributed by atoms with van der Waals surface area (Å²) in [6.07, 6.45) is -0.392. The normalized spacial score (nSPS) is 12.2. The first-order valence-electron chi connectivity index (χ1n) is 4.12. The topological polar surface area (TPSA) is 58.6 Å². The van der Waals surface area contributed by atoms with E-state index >= 15 is 0 Å². The molecule has 4 nitrogen and oxygen atoms in total. The molecule has 0 fully saturated rings. The molecular weight excluding hydrogens is 170 g/mol. The first-order valence-corrected chi connectivity index (χ1v) is 4.12. The number of hydrogen-bond acceptors (Lipinski definition) is 4. The number of nitrogens with one attached hydrogen (secondary N) is 1. The summed E-state index contributed by atoms with van der Waals surface area (Å²) in [6.45, 7) is 9.42. The average molecular weight is 186 g/mol. The molecule has 0 aromatic carbocycles. The quantitative estimate of drug-likeness (QED) is 0.270. The van der Waals surface area contributed by atoms with Gasteiger partial charge in [-0.2, -0.15) is 0 Å². The largest absolute Gasteiger partial charge is 0.431 e. The predicted octanol–water partition coefficient (Wildman–Crippen LogP) is 0.238. The maximum atomic E-state index is 10.9. The molecule has 0 saturated heterocycles. The molecule has 0 aliphatic rings. The summed E-state index contributed by atoms with van der Waals surface area (Å²) in [6, 6.07) is 0. The van der Waals surface area contributed by atoms with Crippen LogP contribution in [0.2, 0.25) is 0 Å². The van der Waals surface area contributed by atoms with Crippen LogP contribution in [0.3, 0.4) is 0 Å². The molecule has 0 rings (SSSR count). The molecule has 1 unspecified atom stereocenters. The van der Waals surface area contributed by atoms with Crippen molar-refractivity contribution in [2.24, 2.45) is 0 Å². The van der Waals surface area contributed by atoms with Crippen molar-refractivity contribution < 1.29 is 14.6 Å². The summed E-state index contributed by atoms with van der Waals surface area (Å²) < 4.78 is 4.59. The van der Waals surface area contributed by atoms with Crippen molar-refractivity contribution in [3.8, 4) is 0 Å². The number of aliphatic hydroxyl groups is 1. The molecule has 0 heterocycles. The van der Waals surface area contributed by atoms with E-state index in [0.717, 1.165) is 6.42 Å². The van der Waals surface area contributed by atoms with Gasteiger partial charge >= 0.3 is 5.97 Å². The summed E-state index contributed by atoms with van der Waals surface area (Å²) in [7, 11) is 0. The zero-order chi connectivity index (χ0) is 10.3. The fraction of sp³-hybridized carbons (Fsp3) is 0.556. The van der Waals surface area contributed by atoms with E-state index < -0.39 is 12.3 Å². The van der Waals surface area contributed by atoms with Gasteiger partial charge < -0.3 is 15.2 Å². The van der Waals surface area contributed by atoms with E-state index in [9.17, 15) is 4.79 Å². The van der Waals surface area contributed by atoms with Gasteiger partial charge in [-0.15, -0.1) is 0 Å². The number of carbonyl (C=O) groups excluding carboxylic acids is 1. The molecule has 1 atom stereocenters. The van der Waals surface area contributed by atoms with Gasteiger partial charge in [0.05, 0.1) is 6.54 Å². The van der Waals surface area contributed by atoms with Gasteiger partial charge in [-0.1, -0.05) is 13.5 Å². The van der Waals surface area contributed by atoms with Crippen molar-refractivity contribution in [2.75, 3.05) is 13.1 Å². The van der Waals surface area contributed by atoms with E-state index in [1.54, 1.807) is 0 Å². The van der Waals surface area contributed by atoms with Gasteiger partial charge in [0, 0.05) is 5.57 Å². The van der Waals surface area contributed by atoms with E-state index in [4.69, 9.17) is 5.11 Å². The Labute approximate surface area is 78.6 Å². The minimum absolute atomic E-state index is 0.217. The van der Waals surface area contributed by atoms with Gasteiger partial charge in [0.1, 0.15) is 0 Å². The highest BCUT2D eigenvalue weighted by atomic mass is 16.6. The molecular formula is C9H16NO3. The van der Waals surface area contributed by atoms with E-state index in [0.29, 0.717) is 6.54 Å². The maximum Gasteiger partial charge on any atom is 0.335 e. The fourth-order valence-corrected chi connectivity index (χ4v) is 0.616. The lowest BCUT2D eigenvalue weighted by Gasteiger charge is -2.12. The van der Waals surface area contributed by atoms with Gasteiger partial charge in [0.15, 0.2) is 0 Å². The van der Waals surface area contributed by atoms with E-state index in [-0.39, 0.29) is 12.1 Å². The van der Waals surface area contributed by atoms with E-state index in [1.807, 2.05) is 0 Å². The number of aliphatic hydroxyl groups excluding tert-OH is 1. The fourth-order valence-electron chi connectivity index (χ4n) is 0.616. The highest BCUT2D eigenvalue weighted by Gasteiger charge is 2.10. The second kappa shape index (κ2) is 6.62. The molecule has 0 saturated carbocycles. The molecule has 13 heavy (non-hydrogen) atoms. The van der Waals surface area contributed by atoms with Crippen LogP contribution in [0.4, 0.5) is 0 Å². The Morgan fingerprint density at radius 2 is 2.31 bits per heavy atom. The molecule has 0 bridgehead atoms. The first kappa shape index (κ1) is 12.1. The summed E-state index contributed by atoms with van der Waals surface area (Å²) in [5, 5.41) is 12.0. The maximum absolute atomic E-state index is 10.9. The molecule has 0 spiro atoms. The van der Waals surface area contributed by atoms with Crippen LogP contribution in [0, 0.1) is 6.92 Å². The van der Waals surface area contributed by atoms with Crippen molar-refractivity contribution in [2.45, 2.75) is 19.6 Å². The second-order valence-electron chi connectivity index (χ2n) is 2.70. The standard InChI is InChI=1S/C9H16NO3/c1-4-5-10-6-8(11)13-9(12)7(2)3/h8,10-11H,1-2,4-6H2,3H3. The monoisotopic (exact) mass is 186 g/mol. The molecule has 1 radical (unpaired) electrons. The van der Waals surface area contributed by atoms with Crippen molar-refractivity contribution in [1.29, 1.82) is 0 Å². The lowest BCUT2D eigenvalue weighted by atomic mass is 10.4. The Morgan fingerprint density at radius 1 is 1.69 bits per heavy atom. The Kier molecular flexibility index (Phi) is 6.18. The summed E-state index contributed by atoms with van der Waals surface area (Å²) >= 11 is 0. The Bertz CT molecular complexity index is 180. The van der Waals surface area contributed by atoms with Gasteiger partial charge in [0.2, 0.25) is 6.29 Å². The predicted molar refractivity (Wildman–Crippen MR) is 49.8 cm³/mol. The van der Waals surface area contributed by atoms with Crippen LogP contribution in [0.15, 0.2) is 12.2 Å². The van der Waals surface area contributed by atoms with Crippen LogP contribution >= 0.6 is 0 Å². The van der Waals surface area contributed by atoms with Crippen molar-refractivity contribution in [1.82, 2.24) is 5.32 Å². The van der Waals surface area contributed by atoms with Gasteiger partial charge in [-0.25, -0.2) is 4.79 Å². The van der Waals surface area contributed by atoms with Gasteiger partial charge in [-0.05, 0) is 19.9 Å². The Balaban J connectivity index is 3.55. The zero-order valence-electron chi connectivity index (χ0n) is 7.88. The molecule has 4 heteroatoms. The van der Waals surface area contributed by atoms with Crippen LogP contribution in [0.5, 0.6) is 0 Å². The molecule has 0 amide bonds. The Hall–Kier alpha value is -0.870. The van der Waals surface area contributed by atoms with Gasteiger partial charge in [0.25, 0.3) is 0 Å². The lowest BCUT2D eigenvalue weighted by molar-refractivity contribution is -0.161. The third-order valence-corrected chi connectivity index (χ3v) is 1.26. The first-order chi connectivity index (χ1) is 6.07. The highest BCUT2D eigenvalue weighted by Crippen LogP contribution is 1.95. The number of hydrogen-bond donors (Lipinski definition) is 2. The van der Waals surface area contributed by atoms with E-state index in [1.165, 1.54) is 6.92 Å². The van der Waals surface area contributed by atoms with Crippen LogP contribution in [-0.2, 0) is 9.53 Å². The zero-order valence-corrected chi connectivity index (χ0v) is 7.88. The molecule has 2 N–H and O–H groups in total. The molecule has 0 aliphatic heterocycles. The summed E-state index contributed by atoms with van der Waals surface area (Å²) in [5.41, 5.74) is 0.274. The van der Waals surface area contributed by atoms with Crippen molar-refractivity contribution in [3.63, 3.8) is 0 Å². The minimum atomic E-state index is -1.12. The average Bonchev–Trinajstić information content (AvgIpc) is 2.04.